The second-order valence-corrected chi connectivity index (χ2v) is 8.83. The van der Waals surface area contributed by atoms with Gasteiger partial charge in [-0.3, -0.25) is 0 Å². The van der Waals surface area contributed by atoms with Crippen molar-refractivity contribution in [2.45, 2.75) is 57.0 Å². The number of aromatic nitrogens is 1. The minimum absolute atomic E-state index is 0.155. The van der Waals surface area contributed by atoms with Crippen LogP contribution in [-0.2, 0) is 0 Å². The summed E-state index contributed by atoms with van der Waals surface area (Å²) in [7, 11) is 1.67. The van der Waals surface area contributed by atoms with Crippen LogP contribution in [0.4, 0.5) is 10.5 Å². The Kier molecular flexibility index (Phi) is 5.48. The van der Waals surface area contributed by atoms with Crippen LogP contribution >= 0.6 is 0 Å². The molecular weight excluding hydrogens is 400 g/mol. The van der Waals surface area contributed by atoms with E-state index >= 15 is 0 Å². The van der Waals surface area contributed by atoms with Gasteiger partial charge in [-0.05, 0) is 61.9 Å². The maximum atomic E-state index is 12.3. The monoisotopic (exact) mass is 428 g/mol. The molecule has 5 rings (SSSR count). The summed E-state index contributed by atoms with van der Waals surface area (Å²) in [5.41, 5.74) is 4.40. The number of nitrogens with zero attached hydrogens (tertiary/aromatic N) is 2. The van der Waals surface area contributed by atoms with Crippen LogP contribution in [0.3, 0.4) is 0 Å². The number of carbonyl (C=O) groups is 1. The van der Waals surface area contributed by atoms with Crippen molar-refractivity contribution in [1.82, 2.24) is 9.88 Å². The fraction of sp³-hybridized carbons (Fsp3) is 0.385. The molecule has 6 nitrogen and oxygen atoms in total. The predicted molar refractivity (Wildman–Crippen MR) is 126 cm³/mol. The predicted octanol–water partition coefficient (Wildman–Crippen LogP) is 5.98. The average molecular weight is 429 g/mol. The molecule has 2 saturated carbocycles. The van der Waals surface area contributed by atoms with Crippen molar-refractivity contribution < 1.29 is 9.53 Å². The fourth-order valence-electron chi connectivity index (χ4n) is 4.97. The zero-order valence-corrected chi connectivity index (χ0v) is 18.4. The van der Waals surface area contributed by atoms with Crippen LogP contribution in [0.15, 0.2) is 42.5 Å². The average Bonchev–Trinajstić information content (AvgIpc) is 3.39. The van der Waals surface area contributed by atoms with Crippen molar-refractivity contribution in [1.29, 1.82) is 5.26 Å². The molecule has 0 aliphatic heterocycles. The highest BCUT2D eigenvalue weighted by molar-refractivity contribution is 5.96. The van der Waals surface area contributed by atoms with Crippen LogP contribution in [0.5, 0.6) is 5.75 Å². The normalized spacial score (nSPS) is 16.5. The minimum Gasteiger partial charge on any atom is -0.497 e. The van der Waals surface area contributed by atoms with Crippen LogP contribution < -0.4 is 15.4 Å². The number of urea groups is 1. The summed E-state index contributed by atoms with van der Waals surface area (Å²) in [6.07, 6.45) is 7.90. The molecule has 0 bridgehead atoms. The fourth-order valence-corrected chi connectivity index (χ4v) is 4.97. The smallest absolute Gasteiger partial charge is 0.319 e. The number of hydrogen-bond donors (Lipinski definition) is 2. The van der Waals surface area contributed by atoms with E-state index in [-0.39, 0.29) is 12.1 Å². The van der Waals surface area contributed by atoms with Gasteiger partial charge in [0.15, 0.2) is 0 Å². The molecule has 164 valence electrons. The van der Waals surface area contributed by atoms with E-state index in [0.29, 0.717) is 11.6 Å². The van der Waals surface area contributed by atoms with E-state index in [9.17, 15) is 10.1 Å². The van der Waals surface area contributed by atoms with E-state index in [0.717, 1.165) is 59.3 Å². The third kappa shape index (κ3) is 3.69. The quantitative estimate of drug-likeness (QED) is 0.525. The number of ether oxygens (including phenoxy) is 1. The number of anilines is 1. The molecule has 2 fully saturated rings. The number of nitrogens with one attached hydrogen (secondary N) is 2. The molecule has 0 atom stereocenters. The molecule has 0 saturated heterocycles. The lowest BCUT2D eigenvalue weighted by Gasteiger charge is -2.30. The van der Waals surface area contributed by atoms with Crippen molar-refractivity contribution in [3.8, 4) is 23.1 Å². The summed E-state index contributed by atoms with van der Waals surface area (Å²) < 4.78 is 7.77. The summed E-state index contributed by atoms with van der Waals surface area (Å²) in [4.78, 5) is 12.3. The van der Waals surface area contributed by atoms with Crippen LogP contribution in [0.1, 0.15) is 56.6 Å². The van der Waals surface area contributed by atoms with Crippen molar-refractivity contribution in [2.24, 2.45) is 0 Å². The third-order valence-electron chi connectivity index (χ3n) is 6.87. The van der Waals surface area contributed by atoms with Gasteiger partial charge in [0, 0.05) is 29.2 Å². The lowest BCUT2D eigenvalue weighted by atomic mass is 9.92. The van der Waals surface area contributed by atoms with E-state index in [4.69, 9.17) is 4.74 Å². The third-order valence-corrected chi connectivity index (χ3v) is 6.87. The summed E-state index contributed by atoms with van der Waals surface area (Å²) in [6, 6.07) is 16.7. The molecule has 0 radical (unpaired) electrons. The summed E-state index contributed by atoms with van der Waals surface area (Å²) in [5, 5.41) is 17.0. The second kappa shape index (κ2) is 8.58. The summed E-state index contributed by atoms with van der Waals surface area (Å²) >= 11 is 0. The Morgan fingerprint density at radius 1 is 1.06 bits per heavy atom. The molecule has 2 aliphatic carbocycles. The zero-order chi connectivity index (χ0) is 22.1. The van der Waals surface area contributed by atoms with Crippen LogP contribution in [-0.4, -0.2) is 23.7 Å². The number of fused-ring (bicyclic) bond motifs is 1. The van der Waals surface area contributed by atoms with Gasteiger partial charge in [-0.2, -0.15) is 5.26 Å². The van der Waals surface area contributed by atoms with Gasteiger partial charge in [0.25, 0.3) is 0 Å². The highest BCUT2D eigenvalue weighted by Gasteiger charge is 2.28. The van der Waals surface area contributed by atoms with Crippen molar-refractivity contribution in [2.75, 3.05) is 12.4 Å². The molecule has 6 heteroatoms. The Hall–Kier alpha value is -3.46. The molecule has 0 spiro atoms. The van der Waals surface area contributed by atoms with Gasteiger partial charge in [0.1, 0.15) is 11.8 Å². The number of hydrogen-bond acceptors (Lipinski definition) is 3. The van der Waals surface area contributed by atoms with Gasteiger partial charge in [0.2, 0.25) is 0 Å². The number of amides is 2. The highest BCUT2D eigenvalue weighted by Crippen LogP contribution is 2.43. The van der Waals surface area contributed by atoms with E-state index < -0.39 is 0 Å². The maximum Gasteiger partial charge on any atom is 0.319 e. The Labute approximate surface area is 188 Å². The first-order chi connectivity index (χ1) is 15.7. The number of benzene rings is 2. The molecule has 2 aliphatic rings. The van der Waals surface area contributed by atoms with Crippen LogP contribution in [0.2, 0.25) is 0 Å². The molecule has 2 amide bonds. The van der Waals surface area contributed by atoms with Crippen molar-refractivity contribution in [3.63, 3.8) is 0 Å². The lowest BCUT2D eigenvalue weighted by molar-refractivity contribution is 0.248. The van der Waals surface area contributed by atoms with E-state index in [1.165, 1.54) is 19.3 Å². The largest absolute Gasteiger partial charge is 0.497 e. The Morgan fingerprint density at radius 3 is 2.44 bits per heavy atom. The Bertz CT molecular complexity index is 1180. The number of carbonyl (C=O) groups excluding carboxylic acids is 1. The van der Waals surface area contributed by atoms with Gasteiger partial charge in [-0.1, -0.05) is 25.0 Å². The van der Waals surface area contributed by atoms with Gasteiger partial charge in [-0.25, -0.2) is 4.79 Å². The van der Waals surface area contributed by atoms with E-state index in [1.807, 2.05) is 42.5 Å². The molecule has 3 aromatic rings. The zero-order valence-electron chi connectivity index (χ0n) is 18.4. The molecular formula is C26H28N4O2. The molecule has 1 heterocycles. The lowest BCUT2D eigenvalue weighted by Crippen LogP contribution is -2.36. The highest BCUT2D eigenvalue weighted by atomic mass is 16.5. The Morgan fingerprint density at radius 2 is 1.81 bits per heavy atom. The number of methoxy groups -OCH3 is 1. The van der Waals surface area contributed by atoms with E-state index in [1.54, 1.807) is 7.11 Å². The van der Waals surface area contributed by atoms with Crippen molar-refractivity contribution >= 4 is 22.6 Å². The standard InChI is InChI=1S/C26H28N4O2/c1-32-21-13-14-22-23(16-27)25(30(24(22)15-21)20-7-4-8-20)17-9-11-19(12-10-17)29-26(31)28-18-5-2-3-6-18/h9-15,18,20H,2-8H2,1H3,(H2,28,29,31). The van der Waals surface area contributed by atoms with Gasteiger partial charge >= 0.3 is 6.03 Å². The first-order valence-electron chi connectivity index (χ1n) is 11.5. The minimum atomic E-state index is -0.155. The maximum absolute atomic E-state index is 12.3. The molecule has 2 aromatic carbocycles. The van der Waals surface area contributed by atoms with Crippen LogP contribution in [0, 0.1) is 11.3 Å². The van der Waals surface area contributed by atoms with Crippen molar-refractivity contribution in [3.05, 3.63) is 48.0 Å². The number of rotatable bonds is 5. The number of nitriles is 1. The SMILES string of the molecule is COc1ccc2c(C#N)c(-c3ccc(NC(=O)NC4CCCC4)cc3)n(C3CCC3)c2c1. The summed E-state index contributed by atoms with van der Waals surface area (Å²) in [6.45, 7) is 0. The Balaban J connectivity index is 1.48. The summed E-state index contributed by atoms with van der Waals surface area (Å²) in [5.74, 6) is 0.791. The first-order valence-corrected chi connectivity index (χ1v) is 11.5. The molecule has 32 heavy (non-hydrogen) atoms. The van der Waals surface area contributed by atoms with Crippen LogP contribution in [0.25, 0.3) is 22.2 Å². The van der Waals surface area contributed by atoms with Gasteiger partial charge in [-0.15, -0.1) is 0 Å². The molecule has 0 unspecified atom stereocenters. The van der Waals surface area contributed by atoms with Gasteiger partial charge in [0.05, 0.1) is 23.9 Å². The molecule has 2 N–H and O–H groups in total. The topological polar surface area (TPSA) is 79.1 Å². The van der Waals surface area contributed by atoms with Gasteiger partial charge < -0.3 is 19.9 Å². The first kappa shape index (κ1) is 20.4. The molecule has 1 aromatic heterocycles. The second-order valence-electron chi connectivity index (χ2n) is 8.83. The van der Waals surface area contributed by atoms with E-state index in [2.05, 4.69) is 21.3 Å².